The van der Waals surface area contributed by atoms with Crippen LogP contribution in [0.5, 0.6) is 0 Å². The van der Waals surface area contributed by atoms with Gasteiger partial charge in [0.1, 0.15) is 0 Å². The standard InChI is InChI=1S/C15H20BrNOS/c1-11(12-6-8-13(16)9-7-12)17-15(18)10-19-14-4-2-3-5-14/h6-9,11,14H,2-5,10H2,1H3,(H,17,18)/t11-/m1/s1. The molecular weight excluding hydrogens is 322 g/mol. The van der Waals surface area contributed by atoms with E-state index in [0.717, 1.165) is 10.0 Å². The van der Waals surface area contributed by atoms with Gasteiger partial charge in [-0.25, -0.2) is 0 Å². The summed E-state index contributed by atoms with van der Waals surface area (Å²) in [5, 5.41) is 3.77. The lowest BCUT2D eigenvalue weighted by molar-refractivity contribution is -0.119. The summed E-state index contributed by atoms with van der Waals surface area (Å²) in [5.41, 5.74) is 1.14. The highest BCUT2D eigenvalue weighted by molar-refractivity contribution is 9.10. The van der Waals surface area contributed by atoms with Crippen molar-refractivity contribution >= 4 is 33.6 Å². The summed E-state index contributed by atoms with van der Waals surface area (Å²) >= 11 is 5.23. The van der Waals surface area contributed by atoms with Crippen molar-refractivity contribution in [3.8, 4) is 0 Å². The summed E-state index contributed by atoms with van der Waals surface area (Å²) in [5.74, 6) is 0.734. The van der Waals surface area contributed by atoms with E-state index in [9.17, 15) is 4.79 Å². The molecule has 0 aromatic heterocycles. The Kier molecular flexibility index (Phi) is 5.76. The zero-order valence-corrected chi connectivity index (χ0v) is 13.6. The molecule has 0 heterocycles. The minimum absolute atomic E-state index is 0.0739. The Balaban J connectivity index is 1.76. The third kappa shape index (κ3) is 4.84. The van der Waals surface area contributed by atoms with Crippen LogP contribution in [0.4, 0.5) is 0 Å². The minimum atomic E-state index is 0.0739. The van der Waals surface area contributed by atoms with Crippen molar-refractivity contribution in [2.45, 2.75) is 43.9 Å². The zero-order chi connectivity index (χ0) is 13.7. The fourth-order valence-corrected chi connectivity index (χ4v) is 3.77. The van der Waals surface area contributed by atoms with E-state index in [2.05, 4.69) is 21.2 Å². The predicted molar refractivity (Wildman–Crippen MR) is 85.4 cm³/mol. The molecule has 0 aliphatic heterocycles. The van der Waals surface area contributed by atoms with Crippen LogP contribution in [0.25, 0.3) is 0 Å². The van der Waals surface area contributed by atoms with Crippen molar-refractivity contribution in [3.63, 3.8) is 0 Å². The summed E-state index contributed by atoms with van der Waals surface area (Å²) in [6.45, 7) is 2.03. The number of hydrogen-bond donors (Lipinski definition) is 1. The van der Waals surface area contributed by atoms with Gasteiger partial charge in [-0.05, 0) is 37.5 Å². The minimum Gasteiger partial charge on any atom is -0.349 e. The molecule has 0 bridgehead atoms. The van der Waals surface area contributed by atoms with Gasteiger partial charge in [0.15, 0.2) is 0 Å². The third-order valence-corrected chi connectivity index (χ3v) is 5.40. The number of thioether (sulfide) groups is 1. The maximum atomic E-state index is 11.9. The maximum absolute atomic E-state index is 11.9. The van der Waals surface area contributed by atoms with E-state index in [0.29, 0.717) is 11.0 Å². The molecule has 1 aliphatic rings. The zero-order valence-electron chi connectivity index (χ0n) is 11.2. The molecule has 4 heteroatoms. The van der Waals surface area contributed by atoms with E-state index >= 15 is 0 Å². The van der Waals surface area contributed by atoms with Crippen molar-refractivity contribution in [1.29, 1.82) is 0 Å². The van der Waals surface area contributed by atoms with Crippen LogP contribution in [0.3, 0.4) is 0 Å². The number of benzene rings is 1. The second-order valence-corrected chi connectivity index (χ2v) is 7.26. The number of nitrogens with one attached hydrogen (secondary N) is 1. The Morgan fingerprint density at radius 3 is 2.63 bits per heavy atom. The van der Waals surface area contributed by atoms with Crippen molar-refractivity contribution in [2.75, 3.05) is 5.75 Å². The van der Waals surface area contributed by atoms with Gasteiger partial charge in [-0.1, -0.05) is 40.9 Å². The van der Waals surface area contributed by atoms with Crippen LogP contribution in [-0.2, 0) is 4.79 Å². The monoisotopic (exact) mass is 341 g/mol. The average Bonchev–Trinajstić information content (AvgIpc) is 2.90. The van der Waals surface area contributed by atoms with Gasteiger partial charge in [0.2, 0.25) is 5.91 Å². The summed E-state index contributed by atoms with van der Waals surface area (Å²) in [6.07, 6.45) is 5.21. The summed E-state index contributed by atoms with van der Waals surface area (Å²) in [4.78, 5) is 11.9. The fourth-order valence-electron chi connectivity index (χ4n) is 2.37. The number of rotatable bonds is 5. The Bertz CT molecular complexity index is 415. The Morgan fingerprint density at radius 1 is 1.37 bits per heavy atom. The summed E-state index contributed by atoms with van der Waals surface area (Å²) in [6, 6.07) is 8.17. The largest absolute Gasteiger partial charge is 0.349 e. The highest BCUT2D eigenvalue weighted by atomic mass is 79.9. The van der Waals surface area contributed by atoms with E-state index in [-0.39, 0.29) is 11.9 Å². The molecule has 2 rings (SSSR count). The maximum Gasteiger partial charge on any atom is 0.230 e. The van der Waals surface area contributed by atoms with Crippen LogP contribution in [0.15, 0.2) is 28.7 Å². The van der Waals surface area contributed by atoms with Gasteiger partial charge in [-0.15, -0.1) is 11.8 Å². The number of carbonyl (C=O) groups is 1. The Morgan fingerprint density at radius 2 is 2.00 bits per heavy atom. The molecule has 1 fully saturated rings. The van der Waals surface area contributed by atoms with Crippen molar-refractivity contribution in [3.05, 3.63) is 34.3 Å². The first-order valence-corrected chi connectivity index (χ1v) is 8.66. The van der Waals surface area contributed by atoms with E-state index in [1.54, 1.807) is 0 Å². The first-order valence-electron chi connectivity index (χ1n) is 6.81. The summed E-state index contributed by atoms with van der Waals surface area (Å²) < 4.78 is 1.06. The van der Waals surface area contributed by atoms with Crippen LogP contribution in [-0.4, -0.2) is 16.9 Å². The van der Waals surface area contributed by atoms with Crippen LogP contribution < -0.4 is 5.32 Å². The quantitative estimate of drug-likeness (QED) is 0.864. The van der Waals surface area contributed by atoms with Crippen molar-refractivity contribution in [2.24, 2.45) is 0 Å². The van der Waals surface area contributed by atoms with Crippen LogP contribution in [0.1, 0.15) is 44.2 Å². The van der Waals surface area contributed by atoms with Crippen molar-refractivity contribution < 1.29 is 4.79 Å². The Labute approximate surface area is 127 Å². The second-order valence-electron chi connectivity index (χ2n) is 5.06. The highest BCUT2D eigenvalue weighted by Crippen LogP contribution is 2.29. The van der Waals surface area contributed by atoms with Crippen LogP contribution >= 0.6 is 27.7 Å². The van der Waals surface area contributed by atoms with Crippen molar-refractivity contribution in [1.82, 2.24) is 5.32 Å². The number of carbonyl (C=O) groups excluding carboxylic acids is 1. The van der Waals surface area contributed by atoms with Gasteiger partial charge in [0.05, 0.1) is 11.8 Å². The van der Waals surface area contributed by atoms with Gasteiger partial charge in [0.25, 0.3) is 0 Å². The predicted octanol–water partition coefficient (Wildman–Crippen LogP) is 4.30. The molecular formula is C15H20BrNOS. The van der Waals surface area contributed by atoms with E-state index < -0.39 is 0 Å². The number of amides is 1. The second kappa shape index (κ2) is 7.34. The van der Waals surface area contributed by atoms with Gasteiger partial charge >= 0.3 is 0 Å². The average molecular weight is 342 g/mol. The normalized spacial score (nSPS) is 17.4. The molecule has 1 amide bonds. The first-order chi connectivity index (χ1) is 9.15. The van der Waals surface area contributed by atoms with Crippen LogP contribution in [0, 0.1) is 0 Å². The molecule has 0 unspecified atom stereocenters. The molecule has 0 spiro atoms. The van der Waals surface area contributed by atoms with E-state index in [1.807, 2.05) is 43.0 Å². The smallest absolute Gasteiger partial charge is 0.230 e. The van der Waals surface area contributed by atoms with Gasteiger partial charge in [-0.3, -0.25) is 4.79 Å². The molecule has 1 atom stereocenters. The molecule has 1 aromatic rings. The Hall–Kier alpha value is -0.480. The van der Waals surface area contributed by atoms with E-state index in [4.69, 9.17) is 0 Å². The number of halogens is 1. The lowest BCUT2D eigenvalue weighted by atomic mass is 10.1. The molecule has 2 nitrogen and oxygen atoms in total. The highest BCUT2D eigenvalue weighted by Gasteiger charge is 2.17. The lowest BCUT2D eigenvalue weighted by Gasteiger charge is -2.15. The van der Waals surface area contributed by atoms with E-state index in [1.165, 1.54) is 25.7 Å². The van der Waals surface area contributed by atoms with Gasteiger partial charge < -0.3 is 5.32 Å². The van der Waals surface area contributed by atoms with Gasteiger partial charge in [-0.2, -0.15) is 0 Å². The molecule has 104 valence electrons. The molecule has 0 saturated heterocycles. The topological polar surface area (TPSA) is 29.1 Å². The summed E-state index contributed by atoms with van der Waals surface area (Å²) in [7, 11) is 0. The molecule has 19 heavy (non-hydrogen) atoms. The lowest BCUT2D eigenvalue weighted by Crippen LogP contribution is -2.28. The first kappa shape index (κ1) is 14.9. The molecule has 0 radical (unpaired) electrons. The molecule has 1 saturated carbocycles. The third-order valence-electron chi connectivity index (χ3n) is 3.50. The molecule has 1 aliphatic carbocycles. The van der Waals surface area contributed by atoms with Gasteiger partial charge in [0, 0.05) is 9.72 Å². The number of hydrogen-bond acceptors (Lipinski definition) is 2. The molecule has 1 N–H and O–H groups in total. The fraction of sp³-hybridized carbons (Fsp3) is 0.533. The SMILES string of the molecule is C[C@@H](NC(=O)CSC1CCCC1)c1ccc(Br)cc1. The molecule has 1 aromatic carbocycles. The van der Waals surface area contributed by atoms with Crippen LogP contribution in [0.2, 0.25) is 0 Å².